The lowest BCUT2D eigenvalue weighted by atomic mass is 9.84. The topological polar surface area (TPSA) is 60.9 Å². The zero-order valence-corrected chi connectivity index (χ0v) is 19.8. The molecule has 2 fully saturated rings. The lowest BCUT2D eigenvalue weighted by Crippen LogP contribution is -2.48. The highest BCUT2D eigenvalue weighted by molar-refractivity contribution is 7.89. The second-order valence-corrected chi connectivity index (χ2v) is 11.4. The van der Waals surface area contributed by atoms with Crippen LogP contribution >= 0.6 is 11.6 Å². The Morgan fingerprint density at radius 2 is 1.78 bits per heavy atom. The van der Waals surface area contributed by atoms with Crippen LogP contribution in [-0.4, -0.2) is 50.9 Å². The van der Waals surface area contributed by atoms with Gasteiger partial charge in [-0.25, -0.2) is 8.42 Å². The number of piperazine rings is 1. The van der Waals surface area contributed by atoms with E-state index in [4.69, 9.17) is 11.6 Å². The van der Waals surface area contributed by atoms with Gasteiger partial charge in [0.2, 0.25) is 15.9 Å². The number of anilines is 2. The van der Waals surface area contributed by atoms with Crippen LogP contribution in [-0.2, 0) is 21.2 Å². The Balaban J connectivity index is 1.32. The SMILES string of the molecule is C[C@H]1Cc2cc(S(=O)(=O)N3CCN(c4cccc(Cl)c4)CC3)ccc2N1C(=O)C1CCC1. The summed E-state index contributed by atoms with van der Waals surface area (Å²) < 4.78 is 28.3. The standard InChI is InChI=1S/C24H28ClN3O3S/c1-17-14-19-15-22(8-9-23(19)28(17)24(29)18-4-2-5-18)32(30,31)27-12-10-26(11-13-27)21-7-3-6-20(25)16-21/h3,6-9,15-18H,2,4-5,10-14H2,1H3/t17-/m0/s1. The predicted molar refractivity (Wildman–Crippen MR) is 127 cm³/mol. The minimum Gasteiger partial charge on any atom is -0.369 e. The molecule has 5 rings (SSSR count). The summed E-state index contributed by atoms with van der Waals surface area (Å²) in [6, 6.07) is 13.0. The van der Waals surface area contributed by atoms with Crippen LogP contribution in [0.3, 0.4) is 0 Å². The Morgan fingerprint density at radius 1 is 1.03 bits per heavy atom. The van der Waals surface area contributed by atoms with Crippen molar-refractivity contribution in [3.63, 3.8) is 0 Å². The Hall–Kier alpha value is -2.09. The number of rotatable bonds is 4. The third kappa shape index (κ3) is 3.80. The molecule has 170 valence electrons. The molecule has 1 aliphatic carbocycles. The fourth-order valence-corrected chi connectivity index (χ4v) is 6.62. The Labute approximate surface area is 194 Å². The highest BCUT2D eigenvalue weighted by Gasteiger charge is 2.38. The van der Waals surface area contributed by atoms with Gasteiger partial charge in [-0.3, -0.25) is 4.79 Å². The number of fused-ring (bicyclic) bond motifs is 1. The fourth-order valence-electron chi connectivity index (χ4n) is 4.96. The maximum atomic E-state index is 13.4. The quantitative estimate of drug-likeness (QED) is 0.675. The van der Waals surface area contributed by atoms with Gasteiger partial charge >= 0.3 is 0 Å². The molecular formula is C24H28ClN3O3S. The first-order chi connectivity index (χ1) is 15.3. The fraction of sp³-hybridized carbons (Fsp3) is 0.458. The van der Waals surface area contributed by atoms with Crippen molar-refractivity contribution in [1.82, 2.24) is 4.31 Å². The highest BCUT2D eigenvalue weighted by atomic mass is 35.5. The van der Waals surface area contributed by atoms with Crippen LogP contribution in [0.5, 0.6) is 0 Å². The number of carbonyl (C=O) groups excluding carboxylic acids is 1. The molecular weight excluding hydrogens is 446 g/mol. The maximum absolute atomic E-state index is 13.4. The van der Waals surface area contributed by atoms with Crippen molar-refractivity contribution in [1.29, 1.82) is 0 Å². The monoisotopic (exact) mass is 473 g/mol. The predicted octanol–water partition coefficient (Wildman–Crippen LogP) is 3.93. The van der Waals surface area contributed by atoms with Crippen LogP contribution in [0.25, 0.3) is 0 Å². The molecule has 0 aromatic heterocycles. The summed E-state index contributed by atoms with van der Waals surface area (Å²) in [4.78, 5) is 17.2. The van der Waals surface area contributed by atoms with E-state index in [0.29, 0.717) is 42.5 Å². The number of carbonyl (C=O) groups is 1. The van der Waals surface area contributed by atoms with E-state index in [1.165, 1.54) is 0 Å². The highest BCUT2D eigenvalue weighted by Crippen LogP contribution is 2.38. The van der Waals surface area contributed by atoms with Gasteiger partial charge in [0, 0.05) is 54.5 Å². The molecule has 1 atom stereocenters. The summed E-state index contributed by atoms with van der Waals surface area (Å²) in [5.41, 5.74) is 2.83. The van der Waals surface area contributed by atoms with Gasteiger partial charge in [-0.05, 0) is 68.1 Å². The van der Waals surface area contributed by atoms with Crippen LogP contribution in [0, 0.1) is 5.92 Å². The van der Waals surface area contributed by atoms with E-state index in [9.17, 15) is 13.2 Å². The van der Waals surface area contributed by atoms with Gasteiger partial charge in [-0.1, -0.05) is 24.1 Å². The first-order valence-corrected chi connectivity index (χ1v) is 13.1. The van der Waals surface area contributed by atoms with E-state index in [-0.39, 0.29) is 17.9 Å². The van der Waals surface area contributed by atoms with Gasteiger partial charge in [0.05, 0.1) is 4.90 Å². The largest absolute Gasteiger partial charge is 0.369 e. The van der Waals surface area contributed by atoms with Crippen molar-refractivity contribution in [2.45, 2.75) is 43.5 Å². The molecule has 2 aromatic rings. The molecule has 32 heavy (non-hydrogen) atoms. The average molecular weight is 474 g/mol. The van der Waals surface area contributed by atoms with E-state index < -0.39 is 10.0 Å². The Kier molecular flexibility index (Phi) is 5.68. The molecule has 2 heterocycles. The van der Waals surface area contributed by atoms with Crippen molar-refractivity contribution in [3.8, 4) is 0 Å². The smallest absolute Gasteiger partial charge is 0.243 e. The summed E-state index contributed by atoms with van der Waals surface area (Å²) in [5, 5.41) is 0.676. The molecule has 0 N–H and O–H groups in total. The maximum Gasteiger partial charge on any atom is 0.243 e. The molecule has 2 aliphatic heterocycles. The van der Waals surface area contributed by atoms with Gasteiger partial charge < -0.3 is 9.80 Å². The lowest BCUT2D eigenvalue weighted by molar-refractivity contribution is -0.125. The van der Waals surface area contributed by atoms with Gasteiger partial charge in [0.15, 0.2) is 0 Å². The molecule has 0 radical (unpaired) electrons. The molecule has 2 aromatic carbocycles. The van der Waals surface area contributed by atoms with Crippen LogP contribution in [0.1, 0.15) is 31.7 Å². The van der Waals surface area contributed by atoms with E-state index in [1.54, 1.807) is 16.4 Å². The molecule has 1 saturated heterocycles. The summed E-state index contributed by atoms with van der Waals surface area (Å²) in [5.74, 6) is 0.317. The average Bonchev–Trinajstić information content (AvgIpc) is 3.07. The molecule has 6 nitrogen and oxygen atoms in total. The van der Waals surface area contributed by atoms with Crippen LogP contribution < -0.4 is 9.80 Å². The van der Waals surface area contributed by atoms with Crippen molar-refractivity contribution in [2.24, 2.45) is 5.92 Å². The summed E-state index contributed by atoms with van der Waals surface area (Å²) in [6.45, 7) is 4.12. The number of nitrogens with zero attached hydrogens (tertiary/aromatic N) is 3. The van der Waals surface area contributed by atoms with E-state index >= 15 is 0 Å². The van der Waals surface area contributed by atoms with Crippen LogP contribution in [0.15, 0.2) is 47.4 Å². The Morgan fingerprint density at radius 3 is 2.44 bits per heavy atom. The Bertz CT molecular complexity index is 1140. The number of halogens is 1. The van der Waals surface area contributed by atoms with Crippen LogP contribution in [0.4, 0.5) is 11.4 Å². The molecule has 1 amide bonds. The normalized spacial score (nSPS) is 22.0. The number of benzene rings is 2. The molecule has 0 bridgehead atoms. The molecule has 8 heteroatoms. The molecule has 1 saturated carbocycles. The lowest BCUT2D eigenvalue weighted by Gasteiger charge is -2.35. The molecule has 3 aliphatic rings. The van der Waals surface area contributed by atoms with Crippen molar-refractivity contribution in [2.75, 3.05) is 36.0 Å². The summed E-state index contributed by atoms with van der Waals surface area (Å²) in [6.07, 6.45) is 3.74. The minimum absolute atomic E-state index is 0.0669. The third-order valence-corrected chi connectivity index (χ3v) is 9.14. The van der Waals surface area contributed by atoms with Gasteiger partial charge in [0.1, 0.15) is 0 Å². The minimum atomic E-state index is -3.59. The second-order valence-electron chi connectivity index (χ2n) is 9.05. The van der Waals surface area contributed by atoms with Gasteiger partial charge in [-0.15, -0.1) is 0 Å². The first kappa shape index (κ1) is 21.7. The van der Waals surface area contributed by atoms with Gasteiger partial charge in [-0.2, -0.15) is 4.31 Å². The van der Waals surface area contributed by atoms with Gasteiger partial charge in [0.25, 0.3) is 0 Å². The van der Waals surface area contributed by atoms with Crippen molar-refractivity contribution < 1.29 is 13.2 Å². The molecule has 0 unspecified atom stereocenters. The number of hydrogen-bond donors (Lipinski definition) is 0. The first-order valence-electron chi connectivity index (χ1n) is 11.3. The summed E-state index contributed by atoms with van der Waals surface area (Å²) >= 11 is 6.10. The zero-order valence-electron chi connectivity index (χ0n) is 18.2. The zero-order chi connectivity index (χ0) is 22.5. The second kappa shape index (κ2) is 8.36. The number of amides is 1. The number of sulfonamides is 1. The van der Waals surface area contributed by atoms with E-state index in [1.807, 2.05) is 42.2 Å². The third-order valence-electron chi connectivity index (χ3n) is 7.01. The van der Waals surface area contributed by atoms with E-state index in [2.05, 4.69) is 4.90 Å². The van der Waals surface area contributed by atoms with Crippen LogP contribution in [0.2, 0.25) is 5.02 Å². The summed E-state index contributed by atoms with van der Waals surface area (Å²) in [7, 11) is -3.59. The van der Waals surface area contributed by atoms with E-state index in [0.717, 1.165) is 36.2 Å². The number of hydrogen-bond acceptors (Lipinski definition) is 4. The van der Waals surface area contributed by atoms with Crippen molar-refractivity contribution >= 4 is 38.9 Å². The molecule has 0 spiro atoms. The van der Waals surface area contributed by atoms with Crippen molar-refractivity contribution in [3.05, 3.63) is 53.1 Å².